The zero-order valence-electron chi connectivity index (χ0n) is 15.7. The van der Waals surface area contributed by atoms with Crippen molar-refractivity contribution in [3.8, 4) is 11.4 Å². The number of aromatic nitrogens is 4. The van der Waals surface area contributed by atoms with E-state index in [2.05, 4.69) is 19.9 Å². The summed E-state index contributed by atoms with van der Waals surface area (Å²) in [6, 6.07) is 3.87. The molecule has 4 rings (SSSR count). The minimum atomic E-state index is -4.58. The second-order valence-corrected chi connectivity index (χ2v) is 7.04. The van der Waals surface area contributed by atoms with Crippen LogP contribution in [0.5, 0.6) is 0 Å². The highest BCUT2D eigenvalue weighted by Crippen LogP contribution is 2.38. The molecule has 0 spiro atoms. The number of hydrogen-bond acceptors (Lipinski definition) is 6. The van der Waals surface area contributed by atoms with Crippen LogP contribution in [0.4, 0.5) is 23.5 Å². The Morgan fingerprint density at radius 2 is 1.80 bits per heavy atom. The van der Waals surface area contributed by atoms with E-state index in [4.69, 9.17) is 5.73 Å². The first-order valence-corrected chi connectivity index (χ1v) is 8.98. The molecule has 2 aromatic heterocycles. The molecule has 0 bridgehead atoms. The van der Waals surface area contributed by atoms with Crippen molar-refractivity contribution in [3.63, 3.8) is 0 Å². The van der Waals surface area contributed by atoms with Crippen LogP contribution in [0, 0.1) is 12.7 Å². The maximum atomic E-state index is 14.0. The van der Waals surface area contributed by atoms with Gasteiger partial charge in [0.2, 0.25) is 5.95 Å². The molecule has 1 aliphatic rings. The number of nitrogen functional groups attached to an aromatic ring is 1. The topological polar surface area (TPSA) is 94.7 Å². The number of benzene rings is 1. The minimum absolute atomic E-state index is 0.0464. The fourth-order valence-corrected chi connectivity index (χ4v) is 3.71. The first-order chi connectivity index (χ1) is 14.1. The maximum Gasteiger partial charge on any atom is 0.419 e. The number of rotatable bonds is 2. The van der Waals surface area contributed by atoms with Crippen LogP contribution < -0.4 is 5.73 Å². The van der Waals surface area contributed by atoms with Gasteiger partial charge in [-0.05, 0) is 37.0 Å². The van der Waals surface area contributed by atoms with Gasteiger partial charge in [0.15, 0.2) is 11.6 Å². The fourth-order valence-electron chi connectivity index (χ4n) is 3.71. The molecule has 2 heterocycles. The zero-order valence-corrected chi connectivity index (χ0v) is 15.7. The Kier molecular flexibility index (Phi) is 4.71. The van der Waals surface area contributed by atoms with E-state index < -0.39 is 17.6 Å². The summed E-state index contributed by atoms with van der Waals surface area (Å²) < 4.78 is 52.4. The van der Waals surface area contributed by atoms with Crippen LogP contribution in [-0.2, 0) is 12.6 Å². The van der Waals surface area contributed by atoms with E-state index in [0.717, 1.165) is 6.07 Å². The van der Waals surface area contributed by atoms with Crippen molar-refractivity contribution in [3.05, 3.63) is 64.5 Å². The van der Waals surface area contributed by atoms with Crippen LogP contribution in [-0.4, -0.2) is 25.7 Å². The van der Waals surface area contributed by atoms with Gasteiger partial charge in [-0.2, -0.15) is 13.2 Å². The standard InChI is InChI=1S/C20H15F4N5O/c1-9-17-15(29-19(25)28-9)4-10(5-16(17)30)13-3-2-12(21)6-14(13)18-26-7-11(8-27-18)20(22,23)24/h2-3,6-8,10H,4-5H2,1H3,(H2,25,28,29). The van der Waals surface area contributed by atoms with E-state index in [1.807, 2.05) is 0 Å². The van der Waals surface area contributed by atoms with Gasteiger partial charge in [-0.1, -0.05) is 6.07 Å². The molecule has 2 N–H and O–H groups in total. The molecule has 0 radical (unpaired) electrons. The quantitative estimate of drug-likeness (QED) is 0.636. The molecular formula is C20H15F4N5O. The average molecular weight is 417 g/mol. The van der Waals surface area contributed by atoms with Crippen LogP contribution in [0.3, 0.4) is 0 Å². The van der Waals surface area contributed by atoms with E-state index in [0.29, 0.717) is 41.3 Å². The molecule has 6 nitrogen and oxygen atoms in total. The lowest BCUT2D eigenvalue weighted by molar-refractivity contribution is -0.138. The number of nitrogens with zero attached hydrogens (tertiary/aromatic N) is 4. The van der Waals surface area contributed by atoms with E-state index in [1.54, 1.807) is 6.92 Å². The highest BCUT2D eigenvalue weighted by atomic mass is 19.4. The lowest BCUT2D eigenvalue weighted by atomic mass is 9.79. The second kappa shape index (κ2) is 7.12. The van der Waals surface area contributed by atoms with Gasteiger partial charge in [0.1, 0.15) is 5.82 Å². The normalized spacial score (nSPS) is 16.4. The number of alkyl halides is 3. The van der Waals surface area contributed by atoms with Crippen molar-refractivity contribution in [1.29, 1.82) is 0 Å². The third-order valence-corrected chi connectivity index (χ3v) is 5.01. The number of anilines is 1. The van der Waals surface area contributed by atoms with Crippen LogP contribution in [0.25, 0.3) is 11.4 Å². The lowest BCUT2D eigenvalue weighted by Crippen LogP contribution is -2.23. The monoisotopic (exact) mass is 417 g/mol. The van der Waals surface area contributed by atoms with Crippen molar-refractivity contribution in [2.24, 2.45) is 0 Å². The Labute approximate surface area is 168 Å². The SMILES string of the molecule is Cc1nc(N)nc2c1C(=O)CC(c1ccc(F)cc1-c1ncc(C(F)(F)F)cn1)C2. The Morgan fingerprint density at radius 3 is 2.47 bits per heavy atom. The van der Waals surface area contributed by atoms with Gasteiger partial charge in [-0.15, -0.1) is 0 Å². The average Bonchev–Trinajstić information content (AvgIpc) is 2.66. The molecule has 10 heteroatoms. The van der Waals surface area contributed by atoms with Gasteiger partial charge in [0.05, 0.1) is 22.5 Å². The summed E-state index contributed by atoms with van der Waals surface area (Å²) in [5.41, 5.74) is 6.88. The van der Waals surface area contributed by atoms with Crippen molar-refractivity contribution in [2.75, 3.05) is 5.73 Å². The third-order valence-electron chi connectivity index (χ3n) is 5.01. The molecule has 0 saturated heterocycles. The van der Waals surface area contributed by atoms with Crippen LogP contribution >= 0.6 is 0 Å². The zero-order chi connectivity index (χ0) is 21.6. The molecule has 30 heavy (non-hydrogen) atoms. The smallest absolute Gasteiger partial charge is 0.368 e. The van der Waals surface area contributed by atoms with Gasteiger partial charge in [0.25, 0.3) is 0 Å². The van der Waals surface area contributed by atoms with Crippen molar-refractivity contribution in [2.45, 2.75) is 31.9 Å². The molecule has 1 atom stereocenters. The van der Waals surface area contributed by atoms with Gasteiger partial charge in [-0.3, -0.25) is 4.79 Å². The minimum Gasteiger partial charge on any atom is -0.368 e. The van der Waals surface area contributed by atoms with Gasteiger partial charge < -0.3 is 5.73 Å². The highest BCUT2D eigenvalue weighted by Gasteiger charge is 2.33. The van der Waals surface area contributed by atoms with Crippen molar-refractivity contribution >= 4 is 11.7 Å². The number of carbonyl (C=O) groups is 1. The molecule has 3 aromatic rings. The summed E-state index contributed by atoms with van der Waals surface area (Å²) in [7, 11) is 0. The first-order valence-electron chi connectivity index (χ1n) is 8.98. The number of aryl methyl sites for hydroxylation is 1. The number of ketones is 1. The third kappa shape index (κ3) is 3.60. The summed E-state index contributed by atoms with van der Waals surface area (Å²) >= 11 is 0. The molecular weight excluding hydrogens is 402 g/mol. The van der Waals surface area contributed by atoms with Gasteiger partial charge >= 0.3 is 6.18 Å². The predicted octanol–water partition coefficient (Wildman–Crippen LogP) is 3.89. The molecule has 1 aromatic carbocycles. The molecule has 0 saturated carbocycles. The molecule has 0 amide bonds. The predicted molar refractivity (Wildman–Crippen MR) is 99.0 cm³/mol. The molecule has 154 valence electrons. The van der Waals surface area contributed by atoms with Gasteiger partial charge in [0, 0.05) is 24.4 Å². The van der Waals surface area contributed by atoms with E-state index in [9.17, 15) is 22.4 Å². The molecule has 1 aliphatic carbocycles. The lowest BCUT2D eigenvalue weighted by Gasteiger charge is -2.25. The van der Waals surface area contributed by atoms with E-state index in [1.165, 1.54) is 12.1 Å². The Morgan fingerprint density at radius 1 is 1.10 bits per heavy atom. The van der Waals surface area contributed by atoms with Crippen molar-refractivity contribution < 1.29 is 22.4 Å². The summed E-state index contributed by atoms with van der Waals surface area (Å²) in [6.07, 6.45) is -2.83. The van der Waals surface area contributed by atoms with Gasteiger partial charge in [-0.25, -0.2) is 24.3 Å². The van der Waals surface area contributed by atoms with Crippen LogP contribution in [0.2, 0.25) is 0 Å². The maximum absolute atomic E-state index is 14.0. The molecule has 0 fully saturated rings. The highest BCUT2D eigenvalue weighted by molar-refractivity contribution is 6.00. The molecule has 1 unspecified atom stereocenters. The van der Waals surface area contributed by atoms with Crippen molar-refractivity contribution in [1.82, 2.24) is 19.9 Å². The Bertz CT molecular complexity index is 1150. The largest absolute Gasteiger partial charge is 0.419 e. The summed E-state index contributed by atoms with van der Waals surface area (Å²) in [4.78, 5) is 28.5. The Hall–Kier alpha value is -3.43. The number of nitrogens with two attached hydrogens (primary N) is 1. The summed E-state index contributed by atoms with van der Waals surface area (Å²) in [6.45, 7) is 1.68. The Balaban J connectivity index is 1.77. The number of fused-ring (bicyclic) bond motifs is 1. The fraction of sp³-hybridized carbons (Fsp3) is 0.250. The number of hydrogen-bond donors (Lipinski definition) is 1. The number of carbonyl (C=O) groups excluding carboxylic acids is 1. The van der Waals surface area contributed by atoms with E-state index >= 15 is 0 Å². The molecule has 0 aliphatic heterocycles. The van der Waals surface area contributed by atoms with E-state index in [-0.39, 0.29) is 35.5 Å². The van der Waals surface area contributed by atoms with Crippen LogP contribution in [0.15, 0.2) is 30.6 Å². The summed E-state index contributed by atoms with van der Waals surface area (Å²) in [5.74, 6) is -1.18. The first kappa shape index (κ1) is 19.9. The van der Waals surface area contributed by atoms with Crippen LogP contribution in [0.1, 0.15) is 45.2 Å². The second-order valence-electron chi connectivity index (χ2n) is 7.04. The summed E-state index contributed by atoms with van der Waals surface area (Å²) in [5, 5.41) is 0. The number of halogens is 4. The number of Topliss-reactive ketones (excluding diaryl/α,β-unsaturated/α-hetero) is 1.